The highest BCUT2D eigenvalue weighted by Crippen LogP contribution is 2.39. The van der Waals surface area contributed by atoms with Crippen molar-refractivity contribution in [2.75, 3.05) is 23.0 Å². The maximum absolute atomic E-state index is 13.0. The molecule has 2 aromatic heterocycles. The number of hydrogen-bond donors (Lipinski definition) is 1. The number of carbonyl (C=O) groups excluding carboxylic acids is 2. The molecule has 0 radical (unpaired) electrons. The standard InChI is InChI=1S/C22H23N5O4/c1-15-13-26(22(30)31-19-4-3-7-23-12-19)21-10-17(5-6-20(21)27(15)16(2)29)18-11-24-25(14-18)8-9-28/h3-7,10-12,14-15,28H,8-9,13H2,1-2H3/t15-/m0/s1. The van der Waals surface area contributed by atoms with E-state index in [1.807, 2.05) is 31.3 Å². The predicted octanol–water partition coefficient (Wildman–Crippen LogP) is 2.70. The van der Waals surface area contributed by atoms with Crippen LogP contribution in [0.5, 0.6) is 5.75 Å². The van der Waals surface area contributed by atoms with Gasteiger partial charge in [0.2, 0.25) is 5.91 Å². The third-order valence-electron chi connectivity index (χ3n) is 5.11. The van der Waals surface area contributed by atoms with E-state index in [1.165, 1.54) is 18.0 Å². The van der Waals surface area contributed by atoms with Gasteiger partial charge in [-0.1, -0.05) is 6.07 Å². The first-order valence-electron chi connectivity index (χ1n) is 9.95. The Balaban J connectivity index is 1.73. The highest BCUT2D eigenvalue weighted by Gasteiger charge is 2.34. The average Bonchev–Trinajstić information content (AvgIpc) is 3.22. The van der Waals surface area contributed by atoms with Crippen molar-refractivity contribution in [3.05, 3.63) is 55.1 Å². The van der Waals surface area contributed by atoms with E-state index in [0.717, 1.165) is 11.1 Å². The third kappa shape index (κ3) is 4.13. The number of ether oxygens (including phenoxy) is 1. The van der Waals surface area contributed by atoms with Crippen LogP contribution < -0.4 is 14.5 Å². The number of fused-ring (bicyclic) bond motifs is 1. The molecule has 3 aromatic rings. The van der Waals surface area contributed by atoms with E-state index in [4.69, 9.17) is 9.84 Å². The number of nitrogens with zero attached hydrogens (tertiary/aromatic N) is 5. The van der Waals surface area contributed by atoms with E-state index < -0.39 is 6.09 Å². The lowest BCUT2D eigenvalue weighted by Crippen LogP contribution is -2.52. The van der Waals surface area contributed by atoms with Crippen molar-refractivity contribution in [2.24, 2.45) is 0 Å². The maximum atomic E-state index is 13.0. The zero-order chi connectivity index (χ0) is 22.0. The van der Waals surface area contributed by atoms with Crippen molar-refractivity contribution in [1.82, 2.24) is 14.8 Å². The molecule has 31 heavy (non-hydrogen) atoms. The molecule has 0 spiro atoms. The molecule has 0 saturated heterocycles. The fourth-order valence-electron chi connectivity index (χ4n) is 3.76. The van der Waals surface area contributed by atoms with Crippen LogP contribution in [0.4, 0.5) is 16.2 Å². The van der Waals surface area contributed by atoms with Gasteiger partial charge in [-0.3, -0.25) is 19.4 Å². The second-order valence-electron chi connectivity index (χ2n) is 7.32. The minimum absolute atomic E-state index is 0.00920. The van der Waals surface area contributed by atoms with Crippen LogP contribution in [0, 0.1) is 0 Å². The molecule has 1 aliphatic rings. The van der Waals surface area contributed by atoms with Crippen LogP contribution in [0.15, 0.2) is 55.1 Å². The summed E-state index contributed by atoms with van der Waals surface area (Å²) in [6, 6.07) is 8.70. The summed E-state index contributed by atoms with van der Waals surface area (Å²) in [5.74, 6) is 0.245. The maximum Gasteiger partial charge on any atom is 0.419 e. The number of anilines is 2. The Labute approximate surface area is 179 Å². The van der Waals surface area contributed by atoms with Gasteiger partial charge in [0, 0.05) is 31.4 Å². The minimum Gasteiger partial charge on any atom is -0.408 e. The molecule has 1 aliphatic heterocycles. The highest BCUT2D eigenvalue weighted by molar-refractivity contribution is 6.03. The SMILES string of the molecule is CC(=O)N1c2ccc(-c3cnn(CCO)c3)cc2N(C(=O)Oc2cccnc2)C[C@@H]1C. The van der Waals surface area contributed by atoms with E-state index >= 15 is 0 Å². The van der Waals surface area contributed by atoms with Crippen molar-refractivity contribution in [3.63, 3.8) is 0 Å². The molecule has 1 N–H and O–H groups in total. The quantitative estimate of drug-likeness (QED) is 0.695. The molecule has 0 unspecified atom stereocenters. The lowest BCUT2D eigenvalue weighted by atomic mass is 10.0. The molecule has 0 bridgehead atoms. The highest BCUT2D eigenvalue weighted by atomic mass is 16.6. The molecular weight excluding hydrogens is 398 g/mol. The molecule has 160 valence electrons. The van der Waals surface area contributed by atoms with Gasteiger partial charge in [0.1, 0.15) is 0 Å². The molecule has 4 rings (SSSR count). The Bertz CT molecular complexity index is 1100. The lowest BCUT2D eigenvalue weighted by Gasteiger charge is -2.40. The average molecular weight is 421 g/mol. The smallest absolute Gasteiger partial charge is 0.408 e. The zero-order valence-electron chi connectivity index (χ0n) is 17.3. The van der Waals surface area contributed by atoms with Gasteiger partial charge in [-0.15, -0.1) is 0 Å². The van der Waals surface area contributed by atoms with Gasteiger partial charge in [-0.25, -0.2) is 4.79 Å². The molecular formula is C22H23N5O4. The van der Waals surface area contributed by atoms with Crippen molar-refractivity contribution in [3.8, 4) is 16.9 Å². The van der Waals surface area contributed by atoms with E-state index in [2.05, 4.69) is 10.1 Å². The normalized spacial score (nSPS) is 15.5. The summed E-state index contributed by atoms with van der Waals surface area (Å²) in [6.45, 7) is 4.08. The third-order valence-corrected chi connectivity index (χ3v) is 5.11. The molecule has 1 aromatic carbocycles. The number of benzene rings is 1. The minimum atomic E-state index is -0.544. The monoisotopic (exact) mass is 421 g/mol. The summed E-state index contributed by atoms with van der Waals surface area (Å²) in [6.07, 6.45) is 6.05. The number of amides is 2. The van der Waals surface area contributed by atoms with E-state index in [9.17, 15) is 9.59 Å². The molecule has 9 nitrogen and oxygen atoms in total. The summed E-state index contributed by atoms with van der Waals surface area (Å²) in [4.78, 5) is 32.5. The molecule has 0 fully saturated rings. The molecule has 0 saturated carbocycles. The van der Waals surface area contributed by atoms with Crippen LogP contribution in [-0.4, -0.2) is 51.1 Å². The molecule has 1 atom stereocenters. The van der Waals surface area contributed by atoms with Crippen molar-refractivity contribution >= 4 is 23.4 Å². The second kappa shape index (κ2) is 8.57. The summed E-state index contributed by atoms with van der Waals surface area (Å²) >= 11 is 0. The van der Waals surface area contributed by atoms with Crippen LogP contribution in [0.1, 0.15) is 13.8 Å². The van der Waals surface area contributed by atoms with Gasteiger partial charge < -0.3 is 14.7 Å². The number of aliphatic hydroxyl groups excluding tert-OH is 1. The van der Waals surface area contributed by atoms with Crippen LogP contribution in [0.25, 0.3) is 11.1 Å². The van der Waals surface area contributed by atoms with E-state index in [0.29, 0.717) is 30.2 Å². The number of carbonyl (C=O) groups is 2. The van der Waals surface area contributed by atoms with E-state index in [-0.39, 0.29) is 18.6 Å². The van der Waals surface area contributed by atoms with Gasteiger partial charge in [0.05, 0.1) is 43.0 Å². The van der Waals surface area contributed by atoms with Gasteiger partial charge in [-0.2, -0.15) is 5.10 Å². The zero-order valence-corrected chi connectivity index (χ0v) is 17.3. The number of aromatic nitrogens is 3. The Morgan fingerprint density at radius 1 is 1.19 bits per heavy atom. The van der Waals surface area contributed by atoms with E-state index in [1.54, 1.807) is 34.1 Å². The van der Waals surface area contributed by atoms with Gasteiger partial charge in [0.15, 0.2) is 5.75 Å². The Kier molecular flexibility index (Phi) is 5.68. The fourth-order valence-corrected chi connectivity index (χ4v) is 3.76. The molecule has 3 heterocycles. The van der Waals surface area contributed by atoms with Crippen LogP contribution in [0.3, 0.4) is 0 Å². The molecule has 0 aliphatic carbocycles. The van der Waals surface area contributed by atoms with Crippen LogP contribution >= 0.6 is 0 Å². The summed E-state index contributed by atoms with van der Waals surface area (Å²) < 4.78 is 7.16. The predicted molar refractivity (Wildman–Crippen MR) is 115 cm³/mol. The number of aliphatic hydroxyl groups is 1. The Hall–Kier alpha value is -3.72. The van der Waals surface area contributed by atoms with Crippen molar-refractivity contribution < 1.29 is 19.4 Å². The molecule has 2 amide bonds. The fraction of sp³-hybridized carbons (Fsp3) is 0.273. The number of rotatable bonds is 4. The van der Waals surface area contributed by atoms with Crippen LogP contribution in [-0.2, 0) is 11.3 Å². The number of pyridine rings is 1. The Morgan fingerprint density at radius 2 is 2.03 bits per heavy atom. The van der Waals surface area contributed by atoms with Gasteiger partial charge >= 0.3 is 6.09 Å². The summed E-state index contributed by atoms with van der Waals surface area (Å²) in [5, 5.41) is 13.4. The summed E-state index contributed by atoms with van der Waals surface area (Å²) in [7, 11) is 0. The first kappa shape index (κ1) is 20.5. The van der Waals surface area contributed by atoms with Gasteiger partial charge in [-0.05, 0) is 36.8 Å². The van der Waals surface area contributed by atoms with Crippen molar-refractivity contribution in [2.45, 2.75) is 26.4 Å². The first-order valence-corrected chi connectivity index (χ1v) is 9.95. The van der Waals surface area contributed by atoms with Gasteiger partial charge in [0.25, 0.3) is 0 Å². The Morgan fingerprint density at radius 3 is 2.74 bits per heavy atom. The number of hydrogen-bond acceptors (Lipinski definition) is 6. The summed E-state index contributed by atoms with van der Waals surface area (Å²) in [5.41, 5.74) is 2.89. The largest absolute Gasteiger partial charge is 0.419 e. The van der Waals surface area contributed by atoms with Crippen molar-refractivity contribution in [1.29, 1.82) is 0 Å². The molecule has 9 heteroatoms. The first-order chi connectivity index (χ1) is 15.0. The van der Waals surface area contributed by atoms with Crippen LogP contribution in [0.2, 0.25) is 0 Å². The lowest BCUT2D eigenvalue weighted by molar-refractivity contribution is -0.117. The topological polar surface area (TPSA) is 101 Å². The second-order valence-corrected chi connectivity index (χ2v) is 7.32.